The van der Waals surface area contributed by atoms with Crippen molar-refractivity contribution in [3.63, 3.8) is 0 Å². The van der Waals surface area contributed by atoms with Crippen molar-refractivity contribution >= 4 is 10.0 Å². The van der Waals surface area contributed by atoms with Crippen LogP contribution in [0.1, 0.15) is 32.1 Å². The zero-order valence-corrected chi connectivity index (χ0v) is 11.6. The van der Waals surface area contributed by atoms with Gasteiger partial charge in [-0.1, -0.05) is 19.3 Å². The summed E-state index contributed by atoms with van der Waals surface area (Å²) >= 11 is 0. The van der Waals surface area contributed by atoms with Gasteiger partial charge in [-0.25, -0.2) is 8.42 Å². The monoisotopic (exact) mass is 264 g/mol. The fraction of sp³-hybridized carbons (Fsp3) is 1.00. The van der Waals surface area contributed by atoms with Crippen LogP contribution in [0.5, 0.6) is 0 Å². The zero-order valence-electron chi connectivity index (χ0n) is 10.8. The third-order valence-corrected chi connectivity index (χ3v) is 5.70. The highest BCUT2D eigenvalue weighted by Crippen LogP contribution is 2.33. The third-order valence-electron chi connectivity index (χ3n) is 3.79. The summed E-state index contributed by atoms with van der Waals surface area (Å²) in [5.74, 6) is 0.0295. The Morgan fingerprint density at radius 2 is 1.88 bits per heavy atom. The van der Waals surface area contributed by atoms with Crippen LogP contribution in [0.25, 0.3) is 0 Å². The number of methoxy groups -OCH3 is 1. The zero-order chi connectivity index (χ0) is 12.9. The lowest BCUT2D eigenvalue weighted by atomic mass is 9.82. The molecule has 17 heavy (non-hydrogen) atoms. The largest absolute Gasteiger partial charge is 0.384 e. The fourth-order valence-corrected chi connectivity index (χ4v) is 3.98. The molecule has 0 radical (unpaired) electrons. The second kappa shape index (κ2) is 6.13. The Morgan fingerprint density at radius 1 is 1.29 bits per heavy atom. The molecule has 1 aliphatic rings. The molecule has 0 heterocycles. The Hall–Kier alpha value is -0.170. The van der Waals surface area contributed by atoms with E-state index in [4.69, 9.17) is 10.5 Å². The molecular formula is C11H24N2O3S. The lowest BCUT2D eigenvalue weighted by molar-refractivity contribution is 0.156. The van der Waals surface area contributed by atoms with Crippen molar-refractivity contribution in [3.8, 4) is 0 Å². The lowest BCUT2D eigenvalue weighted by Gasteiger charge is -2.43. The van der Waals surface area contributed by atoms with Crippen LogP contribution in [0.4, 0.5) is 0 Å². The summed E-state index contributed by atoms with van der Waals surface area (Å²) in [5.41, 5.74) is 5.46. The number of sulfonamides is 1. The molecule has 6 heteroatoms. The molecule has 1 rings (SSSR count). The molecule has 0 spiro atoms. The lowest BCUT2D eigenvalue weighted by Crippen LogP contribution is -2.56. The van der Waals surface area contributed by atoms with E-state index < -0.39 is 10.0 Å². The highest BCUT2D eigenvalue weighted by Gasteiger charge is 2.40. The number of nitrogens with two attached hydrogens (primary N) is 1. The Bertz CT molecular complexity index is 324. The summed E-state index contributed by atoms with van der Waals surface area (Å²) in [6.45, 7) is 0.628. The minimum absolute atomic E-state index is 0.0295. The van der Waals surface area contributed by atoms with Gasteiger partial charge in [0, 0.05) is 26.2 Å². The van der Waals surface area contributed by atoms with Crippen molar-refractivity contribution in [2.75, 3.05) is 33.1 Å². The van der Waals surface area contributed by atoms with Crippen molar-refractivity contribution in [3.05, 3.63) is 0 Å². The summed E-state index contributed by atoms with van der Waals surface area (Å²) < 4.78 is 30.6. The van der Waals surface area contributed by atoms with Gasteiger partial charge in [-0.3, -0.25) is 0 Å². The van der Waals surface area contributed by atoms with E-state index in [1.807, 2.05) is 0 Å². The molecule has 0 saturated heterocycles. The van der Waals surface area contributed by atoms with Crippen molar-refractivity contribution in [2.45, 2.75) is 37.6 Å². The van der Waals surface area contributed by atoms with Gasteiger partial charge >= 0.3 is 0 Å². The Morgan fingerprint density at radius 3 is 2.35 bits per heavy atom. The van der Waals surface area contributed by atoms with Crippen LogP contribution in [0.3, 0.4) is 0 Å². The van der Waals surface area contributed by atoms with E-state index in [-0.39, 0.29) is 17.9 Å². The third kappa shape index (κ3) is 3.40. The van der Waals surface area contributed by atoms with Gasteiger partial charge in [0.1, 0.15) is 0 Å². The number of rotatable bonds is 6. The SMILES string of the molecule is COCCS(=O)(=O)N(C)C1(CN)CCCCC1. The molecule has 0 unspecified atom stereocenters. The average Bonchev–Trinajstić information content (AvgIpc) is 2.36. The van der Waals surface area contributed by atoms with Gasteiger partial charge in [0.05, 0.1) is 12.4 Å². The van der Waals surface area contributed by atoms with E-state index in [0.29, 0.717) is 6.54 Å². The van der Waals surface area contributed by atoms with Crippen LogP contribution in [-0.4, -0.2) is 51.3 Å². The number of hydrogen-bond donors (Lipinski definition) is 1. The summed E-state index contributed by atoms with van der Waals surface area (Å²) in [4.78, 5) is 0. The molecule has 1 fully saturated rings. The van der Waals surface area contributed by atoms with Crippen molar-refractivity contribution in [2.24, 2.45) is 5.73 Å². The molecule has 0 bridgehead atoms. The number of likely N-dealkylation sites (N-methyl/N-ethyl adjacent to an activating group) is 1. The first-order valence-electron chi connectivity index (χ1n) is 6.14. The molecule has 0 atom stereocenters. The molecule has 102 valence electrons. The molecule has 0 amide bonds. The number of ether oxygens (including phenoxy) is 1. The number of hydrogen-bond acceptors (Lipinski definition) is 4. The van der Waals surface area contributed by atoms with Crippen molar-refractivity contribution in [1.29, 1.82) is 0 Å². The van der Waals surface area contributed by atoms with Crippen molar-refractivity contribution in [1.82, 2.24) is 4.31 Å². The van der Waals surface area contributed by atoms with Gasteiger partial charge < -0.3 is 10.5 Å². The summed E-state index contributed by atoms with van der Waals surface area (Å²) in [5, 5.41) is 0. The second-order valence-electron chi connectivity index (χ2n) is 4.77. The molecule has 5 nitrogen and oxygen atoms in total. The molecule has 0 aliphatic heterocycles. The van der Waals surface area contributed by atoms with E-state index in [2.05, 4.69) is 0 Å². The molecule has 0 aromatic rings. The van der Waals surface area contributed by atoms with Gasteiger partial charge in [-0.05, 0) is 12.8 Å². The molecule has 0 aromatic heterocycles. The van der Waals surface area contributed by atoms with Crippen LogP contribution in [0.15, 0.2) is 0 Å². The Labute approximate surface area is 104 Å². The number of nitrogens with zero attached hydrogens (tertiary/aromatic N) is 1. The normalized spacial score (nSPS) is 20.7. The van der Waals surface area contributed by atoms with Gasteiger partial charge in [-0.2, -0.15) is 4.31 Å². The van der Waals surface area contributed by atoms with E-state index in [1.165, 1.54) is 17.8 Å². The summed E-state index contributed by atoms with van der Waals surface area (Å²) in [7, 11) is -0.0996. The summed E-state index contributed by atoms with van der Waals surface area (Å²) in [6.07, 6.45) is 5.02. The van der Waals surface area contributed by atoms with Gasteiger partial charge in [0.15, 0.2) is 0 Å². The first kappa shape index (κ1) is 14.9. The maximum atomic E-state index is 12.1. The minimum Gasteiger partial charge on any atom is -0.384 e. The second-order valence-corrected chi connectivity index (χ2v) is 6.89. The summed E-state index contributed by atoms with van der Waals surface area (Å²) in [6, 6.07) is 0. The predicted octanol–water partition coefficient (Wildman–Crippen LogP) is 0.556. The van der Waals surface area contributed by atoms with Crippen LogP contribution in [0, 0.1) is 0 Å². The Balaban J connectivity index is 2.80. The smallest absolute Gasteiger partial charge is 0.216 e. The quantitative estimate of drug-likeness (QED) is 0.760. The van der Waals surface area contributed by atoms with Gasteiger partial charge in [0.25, 0.3) is 0 Å². The molecule has 1 aliphatic carbocycles. The topological polar surface area (TPSA) is 72.6 Å². The molecule has 2 N–H and O–H groups in total. The predicted molar refractivity (Wildman–Crippen MR) is 68.3 cm³/mol. The average molecular weight is 264 g/mol. The van der Waals surface area contributed by atoms with E-state index >= 15 is 0 Å². The molecule has 0 aromatic carbocycles. The standard InChI is InChI=1S/C11H24N2O3S/c1-13(17(14,15)9-8-16-2)11(10-12)6-4-3-5-7-11/h3-10,12H2,1-2H3. The molecule has 1 saturated carbocycles. The van der Waals surface area contributed by atoms with E-state index in [0.717, 1.165) is 25.7 Å². The maximum Gasteiger partial charge on any atom is 0.216 e. The van der Waals surface area contributed by atoms with Crippen molar-refractivity contribution < 1.29 is 13.2 Å². The van der Waals surface area contributed by atoms with E-state index in [1.54, 1.807) is 7.05 Å². The van der Waals surface area contributed by atoms with Crippen LogP contribution >= 0.6 is 0 Å². The van der Waals surface area contributed by atoms with Crippen LogP contribution in [-0.2, 0) is 14.8 Å². The molecular weight excluding hydrogens is 240 g/mol. The van der Waals surface area contributed by atoms with Crippen LogP contribution in [0.2, 0.25) is 0 Å². The minimum atomic E-state index is -3.26. The maximum absolute atomic E-state index is 12.1. The van der Waals surface area contributed by atoms with E-state index in [9.17, 15) is 8.42 Å². The first-order valence-corrected chi connectivity index (χ1v) is 7.75. The van der Waals surface area contributed by atoms with Gasteiger partial charge in [0.2, 0.25) is 10.0 Å². The fourth-order valence-electron chi connectivity index (χ4n) is 2.48. The first-order chi connectivity index (χ1) is 7.98. The highest BCUT2D eigenvalue weighted by atomic mass is 32.2. The van der Waals surface area contributed by atoms with Gasteiger partial charge in [-0.15, -0.1) is 0 Å². The Kier molecular flexibility index (Phi) is 5.37. The highest BCUT2D eigenvalue weighted by molar-refractivity contribution is 7.89. The van der Waals surface area contributed by atoms with Crippen LogP contribution < -0.4 is 5.73 Å².